The van der Waals surface area contributed by atoms with E-state index in [4.69, 9.17) is 23.7 Å². The van der Waals surface area contributed by atoms with Crippen LogP contribution in [0.2, 0.25) is 0 Å². The molecule has 0 heterocycles. The molecule has 0 aromatic heterocycles. The maximum Gasteiger partial charge on any atom is 0.0764 e. The topological polar surface area (TPSA) is 52.0 Å². The van der Waals surface area contributed by atoms with E-state index in [1.54, 1.807) is 0 Å². The van der Waals surface area contributed by atoms with Gasteiger partial charge in [-0.25, -0.2) is 0 Å². The van der Waals surface area contributed by atoms with E-state index < -0.39 is 0 Å². The van der Waals surface area contributed by atoms with Crippen molar-refractivity contribution in [3.8, 4) is 0 Å². The molecule has 4 N–H and O–H groups in total. The highest BCUT2D eigenvalue weighted by Crippen LogP contribution is 2.60. The smallest absolute Gasteiger partial charge is 0.0764 e. The number of benzene rings is 1. The molecule has 3 aliphatic rings. The fourth-order valence-electron chi connectivity index (χ4n) is 7.12. The predicted octanol–water partition coefficient (Wildman–Crippen LogP) is 6.61. The molecule has 0 radical (unpaired) electrons. The zero-order valence-electron chi connectivity index (χ0n) is 19.5. The summed E-state index contributed by atoms with van der Waals surface area (Å²) >= 11 is 5.44. The van der Waals surface area contributed by atoms with E-state index in [0.717, 1.165) is 17.5 Å². The number of fused-ring (bicyclic) bond motifs is 2. The van der Waals surface area contributed by atoms with Crippen LogP contribution in [0.4, 0.5) is 0 Å². The van der Waals surface area contributed by atoms with Gasteiger partial charge in [0.15, 0.2) is 0 Å². The van der Waals surface area contributed by atoms with Gasteiger partial charge in [-0.3, -0.25) is 0 Å². The molecule has 168 valence electrons. The number of nitrogens with two attached hydrogens (primary N) is 2. The van der Waals surface area contributed by atoms with Crippen LogP contribution >= 0.6 is 12.2 Å². The van der Waals surface area contributed by atoms with Gasteiger partial charge in [0.05, 0.1) is 4.99 Å². The first-order valence-corrected chi connectivity index (χ1v) is 12.8. The van der Waals surface area contributed by atoms with Crippen molar-refractivity contribution in [3.05, 3.63) is 35.9 Å². The van der Waals surface area contributed by atoms with Crippen LogP contribution in [0.3, 0.4) is 0 Å². The van der Waals surface area contributed by atoms with Crippen LogP contribution in [0.5, 0.6) is 0 Å². The Kier molecular flexibility index (Phi) is 8.01. The van der Waals surface area contributed by atoms with Gasteiger partial charge < -0.3 is 11.5 Å². The monoisotopic (exact) mass is 428 g/mol. The van der Waals surface area contributed by atoms with Crippen LogP contribution in [0.15, 0.2) is 30.3 Å². The van der Waals surface area contributed by atoms with Crippen LogP contribution in [-0.4, -0.2) is 11.5 Å². The Labute approximate surface area is 190 Å². The Morgan fingerprint density at radius 1 is 1.07 bits per heavy atom. The Morgan fingerprint density at radius 2 is 1.73 bits per heavy atom. The maximum atomic E-state index is 6.14. The summed E-state index contributed by atoms with van der Waals surface area (Å²) in [6.45, 7) is 8.10. The van der Waals surface area contributed by atoms with Crippen LogP contribution in [-0.2, 0) is 5.41 Å². The highest BCUT2D eigenvalue weighted by molar-refractivity contribution is 7.80. The quantitative estimate of drug-likeness (QED) is 0.531. The fraction of sp³-hybridized carbons (Fsp3) is 0.741. The summed E-state index contributed by atoms with van der Waals surface area (Å²) < 4.78 is 0. The SMILES string of the molecule is CCC1(C)CC2CC(c3ccccc3)(CC(C)C2C(N)=S)C1.NCC1CCCCC1. The Hall–Kier alpha value is -0.930. The molecule has 0 amide bonds. The first-order valence-electron chi connectivity index (χ1n) is 12.4. The minimum Gasteiger partial charge on any atom is -0.393 e. The van der Waals surface area contributed by atoms with Gasteiger partial charge in [-0.05, 0) is 79.2 Å². The molecule has 0 saturated heterocycles. The van der Waals surface area contributed by atoms with Crippen molar-refractivity contribution in [2.45, 2.75) is 90.4 Å². The van der Waals surface area contributed by atoms with Crippen LogP contribution in [0, 0.1) is 29.1 Å². The van der Waals surface area contributed by atoms with E-state index in [1.165, 1.54) is 69.8 Å². The normalized spacial score (nSPS) is 36.5. The first kappa shape index (κ1) is 23.7. The van der Waals surface area contributed by atoms with Crippen LogP contribution < -0.4 is 11.5 Å². The molecule has 1 aromatic rings. The molecule has 3 fully saturated rings. The van der Waals surface area contributed by atoms with E-state index in [9.17, 15) is 0 Å². The van der Waals surface area contributed by atoms with Gasteiger partial charge in [-0.2, -0.15) is 0 Å². The van der Waals surface area contributed by atoms with E-state index in [0.29, 0.717) is 28.6 Å². The Bertz CT molecular complexity index is 679. The summed E-state index contributed by atoms with van der Waals surface area (Å²) in [5.41, 5.74) is 13.9. The van der Waals surface area contributed by atoms with Gasteiger partial charge in [0, 0.05) is 5.92 Å². The molecular formula is C27H44N2S. The lowest BCUT2D eigenvalue weighted by atomic mass is 9.47. The van der Waals surface area contributed by atoms with Crippen molar-refractivity contribution < 1.29 is 0 Å². The lowest BCUT2D eigenvalue weighted by Crippen LogP contribution is -2.52. The molecule has 2 nitrogen and oxygen atoms in total. The molecule has 1 aromatic carbocycles. The largest absolute Gasteiger partial charge is 0.393 e. The molecule has 4 rings (SSSR count). The van der Waals surface area contributed by atoms with E-state index in [2.05, 4.69) is 51.1 Å². The standard InChI is InChI=1S/C20H29NS.C7H15N/c1-4-19(3)11-15-12-20(13-19,16-8-6-5-7-9-16)10-14(2)17(15)18(21)22;8-6-7-4-2-1-3-5-7/h5-9,14-15,17H,4,10-13H2,1-3H3,(H2,21,22);7H,1-6,8H2. The van der Waals surface area contributed by atoms with Crippen molar-refractivity contribution in [1.29, 1.82) is 0 Å². The fourth-order valence-corrected chi connectivity index (χ4v) is 7.54. The second-order valence-electron chi connectivity index (χ2n) is 11.0. The molecule has 5 atom stereocenters. The highest BCUT2D eigenvalue weighted by Gasteiger charge is 2.53. The second kappa shape index (κ2) is 10.1. The molecule has 3 heteroatoms. The summed E-state index contributed by atoms with van der Waals surface area (Å²) in [6.07, 6.45) is 13.4. The van der Waals surface area contributed by atoms with Gasteiger partial charge in [0.2, 0.25) is 0 Å². The molecular weight excluding hydrogens is 384 g/mol. The Morgan fingerprint density at radius 3 is 2.27 bits per heavy atom. The summed E-state index contributed by atoms with van der Waals surface area (Å²) in [5.74, 6) is 2.54. The molecule has 5 unspecified atom stereocenters. The molecule has 3 aliphatic carbocycles. The minimum absolute atomic E-state index is 0.329. The Balaban J connectivity index is 0.000000269. The lowest BCUT2D eigenvalue weighted by Gasteiger charge is -2.57. The molecule has 3 saturated carbocycles. The minimum atomic E-state index is 0.329. The third-order valence-electron chi connectivity index (χ3n) is 8.63. The average molecular weight is 429 g/mol. The first-order chi connectivity index (χ1) is 14.3. The van der Waals surface area contributed by atoms with Crippen molar-refractivity contribution in [3.63, 3.8) is 0 Å². The van der Waals surface area contributed by atoms with Crippen molar-refractivity contribution >= 4 is 17.2 Å². The van der Waals surface area contributed by atoms with Gasteiger partial charge in [-0.15, -0.1) is 0 Å². The van der Waals surface area contributed by atoms with E-state index in [1.807, 2.05) is 0 Å². The predicted molar refractivity (Wildman–Crippen MR) is 134 cm³/mol. The van der Waals surface area contributed by atoms with E-state index >= 15 is 0 Å². The van der Waals surface area contributed by atoms with Crippen molar-refractivity contribution in [2.24, 2.45) is 40.6 Å². The molecule has 2 bridgehead atoms. The molecule has 0 aliphatic heterocycles. The van der Waals surface area contributed by atoms with Gasteiger partial charge >= 0.3 is 0 Å². The van der Waals surface area contributed by atoms with Crippen molar-refractivity contribution in [2.75, 3.05) is 6.54 Å². The third-order valence-corrected chi connectivity index (χ3v) is 8.91. The second-order valence-corrected chi connectivity index (χ2v) is 11.5. The number of hydrogen-bond donors (Lipinski definition) is 2. The number of hydrogen-bond acceptors (Lipinski definition) is 2. The van der Waals surface area contributed by atoms with Crippen molar-refractivity contribution in [1.82, 2.24) is 0 Å². The summed E-state index contributed by atoms with van der Waals surface area (Å²) in [7, 11) is 0. The highest BCUT2D eigenvalue weighted by atomic mass is 32.1. The summed E-state index contributed by atoms with van der Waals surface area (Å²) in [4.78, 5) is 0.750. The summed E-state index contributed by atoms with van der Waals surface area (Å²) in [6, 6.07) is 11.2. The lowest BCUT2D eigenvalue weighted by molar-refractivity contribution is -0.00131. The number of thiocarbonyl (C=S) groups is 1. The van der Waals surface area contributed by atoms with Crippen LogP contribution in [0.25, 0.3) is 0 Å². The average Bonchev–Trinajstić information content (AvgIpc) is 2.74. The molecule has 30 heavy (non-hydrogen) atoms. The third kappa shape index (κ3) is 5.27. The van der Waals surface area contributed by atoms with Gasteiger partial charge in [0.1, 0.15) is 0 Å². The molecule has 0 spiro atoms. The maximum absolute atomic E-state index is 6.14. The van der Waals surface area contributed by atoms with Gasteiger partial charge in [0.25, 0.3) is 0 Å². The summed E-state index contributed by atoms with van der Waals surface area (Å²) in [5, 5.41) is 0. The zero-order chi connectivity index (χ0) is 21.8. The van der Waals surface area contributed by atoms with E-state index in [-0.39, 0.29) is 0 Å². The van der Waals surface area contributed by atoms with Gasteiger partial charge in [-0.1, -0.05) is 89.0 Å². The zero-order valence-corrected chi connectivity index (χ0v) is 20.4. The van der Waals surface area contributed by atoms with Crippen LogP contribution in [0.1, 0.15) is 90.5 Å². The number of rotatable bonds is 4.